The third-order valence-electron chi connectivity index (χ3n) is 2.03. The van der Waals surface area contributed by atoms with Crippen LogP contribution in [0.25, 0.3) is 11.3 Å². The van der Waals surface area contributed by atoms with Gasteiger partial charge in [0.2, 0.25) is 5.88 Å². The summed E-state index contributed by atoms with van der Waals surface area (Å²) in [4.78, 5) is 0. The molecule has 0 atom stereocenters. The average Bonchev–Trinajstić information content (AvgIpc) is 2.59. The van der Waals surface area contributed by atoms with E-state index in [1.165, 1.54) is 18.2 Å². The Kier molecular flexibility index (Phi) is 2.50. The Hall–Kier alpha value is -2.06. The van der Waals surface area contributed by atoms with Crippen molar-refractivity contribution < 1.29 is 8.91 Å². The van der Waals surface area contributed by atoms with E-state index < -0.39 is 5.82 Å². The fourth-order valence-electron chi connectivity index (χ4n) is 1.31. The minimum atomic E-state index is -0.586. The second-order valence-electron chi connectivity index (χ2n) is 2.98. The van der Waals surface area contributed by atoms with Crippen molar-refractivity contribution in [1.82, 2.24) is 5.16 Å². The first-order valence-corrected chi connectivity index (χ1v) is 4.62. The van der Waals surface area contributed by atoms with Gasteiger partial charge in [-0.1, -0.05) is 22.8 Å². The van der Waals surface area contributed by atoms with Crippen LogP contribution < -0.4 is 5.73 Å². The van der Waals surface area contributed by atoms with Crippen LogP contribution in [0.3, 0.4) is 0 Å². The zero-order valence-corrected chi connectivity index (χ0v) is 8.62. The lowest BCUT2D eigenvalue weighted by Crippen LogP contribution is -1.90. The van der Waals surface area contributed by atoms with Gasteiger partial charge in [0.15, 0.2) is 0 Å². The van der Waals surface area contributed by atoms with Crippen LogP contribution in [0.2, 0.25) is 5.02 Å². The van der Waals surface area contributed by atoms with Gasteiger partial charge in [0.25, 0.3) is 0 Å². The molecule has 0 unspecified atom stereocenters. The summed E-state index contributed by atoms with van der Waals surface area (Å²) in [5.41, 5.74) is 5.38. The molecule has 6 heteroatoms. The maximum Gasteiger partial charge on any atom is 0.240 e. The maximum atomic E-state index is 13.5. The molecule has 0 amide bonds. The molecular weight excluding hydrogens is 233 g/mol. The zero-order valence-electron chi connectivity index (χ0n) is 7.87. The summed E-state index contributed by atoms with van der Waals surface area (Å²) in [7, 11) is 0. The Morgan fingerprint density at radius 1 is 1.50 bits per heavy atom. The number of nitrogen functional groups attached to an aromatic ring is 1. The van der Waals surface area contributed by atoms with Crippen LogP contribution in [0.4, 0.5) is 10.3 Å². The van der Waals surface area contributed by atoms with Crippen LogP contribution in [0, 0.1) is 17.1 Å². The lowest BCUT2D eigenvalue weighted by molar-refractivity contribution is 0.438. The second-order valence-corrected chi connectivity index (χ2v) is 3.39. The second kappa shape index (κ2) is 3.83. The van der Waals surface area contributed by atoms with Gasteiger partial charge in [-0.2, -0.15) is 5.26 Å². The number of halogens is 2. The lowest BCUT2D eigenvalue weighted by Gasteiger charge is -2.01. The van der Waals surface area contributed by atoms with Gasteiger partial charge in [-0.3, -0.25) is 0 Å². The first kappa shape index (κ1) is 10.5. The van der Waals surface area contributed by atoms with Gasteiger partial charge in [0.05, 0.1) is 10.6 Å². The van der Waals surface area contributed by atoms with Crippen molar-refractivity contribution in [3.05, 3.63) is 34.6 Å². The number of nitriles is 1. The molecule has 2 N–H and O–H groups in total. The molecule has 0 fully saturated rings. The van der Waals surface area contributed by atoms with E-state index in [1.54, 1.807) is 6.07 Å². The molecule has 2 aromatic rings. The summed E-state index contributed by atoms with van der Waals surface area (Å²) in [5.74, 6) is -0.742. The van der Waals surface area contributed by atoms with E-state index in [-0.39, 0.29) is 27.7 Å². The van der Waals surface area contributed by atoms with E-state index in [9.17, 15) is 4.39 Å². The third kappa shape index (κ3) is 1.49. The number of nitrogens with two attached hydrogens (primary N) is 1. The van der Waals surface area contributed by atoms with Crippen molar-refractivity contribution >= 4 is 17.5 Å². The first-order valence-electron chi connectivity index (χ1n) is 4.24. The number of anilines is 1. The molecule has 0 aliphatic rings. The highest BCUT2D eigenvalue weighted by Gasteiger charge is 2.20. The van der Waals surface area contributed by atoms with Crippen molar-refractivity contribution in [3.8, 4) is 17.3 Å². The highest BCUT2D eigenvalue weighted by atomic mass is 35.5. The number of benzene rings is 1. The van der Waals surface area contributed by atoms with Gasteiger partial charge >= 0.3 is 0 Å². The standard InChI is InChI=1S/C10H5ClFN3O/c11-6-2-1-3-7(12)8(6)9-5(4-13)10(14)16-15-9/h1-3H,14H2. The number of rotatable bonds is 1. The van der Waals surface area contributed by atoms with Crippen LogP contribution in [-0.2, 0) is 0 Å². The van der Waals surface area contributed by atoms with Crippen molar-refractivity contribution in [3.63, 3.8) is 0 Å². The van der Waals surface area contributed by atoms with Gasteiger partial charge in [-0.15, -0.1) is 0 Å². The molecule has 4 nitrogen and oxygen atoms in total. The fourth-order valence-corrected chi connectivity index (χ4v) is 1.56. The zero-order chi connectivity index (χ0) is 11.7. The quantitative estimate of drug-likeness (QED) is 0.827. The Bertz CT molecular complexity index is 568. The number of hydrogen-bond acceptors (Lipinski definition) is 4. The molecule has 0 bridgehead atoms. The van der Waals surface area contributed by atoms with E-state index in [1.807, 2.05) is 0 Å². The highest BCUT2D eigenvalue weighted by Crippen LogP contribution is 2.33. The Balaban J connectivity index is 2.74. The van der Waals surface area contributed by atoms with Gasteiger partial charge in [0.1, 0.15) is 23.1 Å². The van der Waals surface area contributed by atoms with Gasteiger partial charge < -0.3 is 10.3 Å². The molecule has 0 radical (unpaired) electrons. The van der Waals surface area contributed by atoms with E-state index in [0.717, 1.165) is 0 Å². The molecule has 0 saturated carbocycles. The molecule has 1 heterocycles. The summed E-state index contributed by atoms with van der Waals surface area (Å²) in [5, 5.41) is 12.5. The number of nitrogens with zero attached hydrogens (tertiary/aromatic N) is 2. The predicted octanol–water partition coefficient (Wildman–Crippen LogP) is 2.59. The molecule has 0 spiro atoms. The minimum Gasteiger partial charge on any atom is -0.366 e. The molecule has 1 aromatic carbocycles. The molecule has 0 saturated heterocycles. The molecule has 0 aliphatic heterocycles. The van der Waals surface area contributed by atoms with Crippen LogP contribution in [0.15, 0.2) is 22.7 Å². The minimum absolute atomic E-state index is 0.0150. The summed E-state index contributed by atoms with van der Waals surface area (Å²) >= 11 is 5.83. The molecule has 80 valence electrons. The van der Waals surface area contributed by atoms with E-state index in [4.69, 9.17) is 22.6 Å². The monoisotopic (exact) mass is 237 g/mol. The molecule has 0 aliphatic carbocycles. The Morgan fingerprint density at radius 2 is 2.25 bits per heavy atom. The summed E-state index contributed by atoms with van der Waals surface area (Å²) < 4.78 is 18.2. The van der Waals surface area contributed by atoms with Crippen molar-refractivity contribution in [2.75, 3.05) is 5.73 Å². The third-order valence-corrected chi connectivity index (χ3v) is 2.34. The molecule has 1 aromatic heterocycles. The fraction of sp³-hybridized carbons (Fsp3) is 0. The van der Waals surface area contributed by atoms with E-state index in [0.29, 0.717) is 0 Å². The van der Waals surface area contributed by atoms with Gasteiger partial charge in [0, 0.05) is 0 Å². The maximum absolute atomic E-state index is 13.5. The van der Waals surface area contributed by atoms with Crippen LogP contribution in [-0.4, -0.2) is 5.16 Å². The average molecular weight is 238 g/mol. The summed E-state index contributed by atoms with van der Waals surface area (Å²) in [6, 6.07) is 5.95. The van der Waals surface area contributed by atoms with E-state index >= 15 is 0 Å². The smallest absolute Gasteiger partial charge is 0.240 e. The molecular formula is C10H5ClFN3O. The van der Waals surface area contributed by atoms with Crippen LogP contribution >= 0.6 is 11.6 Å². The van der Waals surface area contributed by atoms with E-state index in [2.05, 4.69) is 9.68 Å². The number of hydrogen-bond donors (Lipinski definition) is 1. The Morgan fingerprint density at radius 3 is 2.88 bits per heavy atom. The molecule has 16 heavy (non-hydrogen) atoms. The summed E-state index contributed by atoms with van der Waals surface area (Å²) in [6.45, 7) is 0. The highest BCUT2D eigenvalue weighted by molar-refractivity contribution is 6.33. The van der Waals surface area contributed by atoms with Gasteiger partial charge in [-0.25, -0.2) is 4.39 Å². The van der Waals surface area contributed by atoms with Crippen LogP contribution in [0.5, 0.6) is 0 Å². The normalized spacial score (nSPS) is 10.1. The van der Waals surface area contributed by atoms with Crippen molar-refractivity contribution in [1.29, 1.82) is 5.26 Å². The van der Waals surface area contributed by atoms with Crippen molar-refractivity contribution in [2.24, 2.45) is 0 Å². The van der Waals surface area contributed by atoms with Crippen LogP contribution in [0.1, 0.15) is 5.56 Å². The number of aromatic nitrogens is 1. The first-order chi connectivity index (χ1) is 7.65. The Labute approximate surface area is 95.0 Å². The topological polar surface area (TPSA) is 75.8 Å². The van der Waals surface area contributed by atoms with Crippen molar-refractivity contribution in [2.45, 2.75) is 0 Å². The largest absolute Gasteiger partial charge is 0.366 e. The summed E-state index contributed by atoms with van der Waals surface area (Å²) in [6.07, 6.45) is 0. The predicted molar refractivity (Wildman–Crippen MR) is 56.0 cm³/mol. The van der Waals surface area contributed by atoms with Gasteiger partial charge in [-0.05, 0) is 12.1 Å². The SMILES string of the molecule is N#Cc1c(-c2c(F)cccc2Cl)noc1N. The lowest BCUT2D eigenvalue weighted by atomic mass is 10.1. The molecule has 2 rings (SSSR count).